The van der Waals surface area contributed by atoms with E-state index in [9.17, 15) is 9.59 Å². The number of anilines is 1. The highest BCUT2D eigenvalue weighted by Crippen LogP contribution is 2.27. The van der Waals surface area contributed by atoms with Crippen molar-refractivity contribution >= 4 is 17.7 Å². The molecule has 6 nitrogen and oxygen atoms in total. The van der Waals surface area contributed by atoms with Crippen molar-refractivity contribution < 1.29 is 19.2 Å². The largest absolute Gasteiger partial charge is 0.481 e. The van der Waals surface area contributed by atoms with E-state index >= 15 is 0 Å². The molecule has 0 fully saturated rings. The zero-order chi connectivity index (χ0) is 13.1. The van der Waals surface area contributed by atoms with Crippen molar-refractivity contribution in [3.05, 3.63) is 24.0 Å². The van der Waals surface area contributed by atoms with Crippen molar-refractivity contribution in [3.8, 4) is 0 Å². The number of nitrogens with one attached hydrogen (secondary N) is 1. The highest BCUT2D eigenvalue weighted by atomic mass is 16.5. The number of carbonyl (C=O) groups excluding carboxylic acids is 1. The number of carboxylic acids is 1. The highest BCUT2D eigenvalue weighted by molar-refractivity contribution is 5.94. The maximum absolute atomic E-state index is 12.0. The molecule has 96 valence electrons. The average molecular weight is 250 g/mol. The molecule has 1 aromatic heterocycles. The minimum atomic E-state index is -0.948. The molecule has 6 heteroatoms. The summed E-state index contributed by atoms with van der Waals surface area (Å²) in [6, 6.07) is 1.59. The molecular formula is C12H14N2O4. The Morgan fingerprint density at radius 2 is 2.06 bits per heavy atom. The second-order valence-electron chi connectivity index (χ2n) is 4.31. The van der Waals surface area contributed by atoms with Gasteiger partial charge in [-0.25, -0.2) is 0 Å². The zero-order valence-electron chi connectivity index (χ0n) is 9.92. The fourth-order valence-electron chi connectivity index (χ4n) is 2.02. The van der Waals surface area contributed by atoms with Gasteiger partial charge in [-0.1, -0.05) is 17.3 Å². The molecule has 2 rings (SSSR count). The number of aromatic nitrogens is 1. The first-order valence-electron chi connectivity index (χ1n) is 5.70. The number of hydrogen-bond donors (Lipinski definition) is 2. The van der Waals surface area contributed by atoms with Crippen molar-refractivity contribution in [2.24, 2.45) is 11.8 Å². The van der Waals surface area contributed by atoms with Crippen LogP contribution in [0.25, 0.3) is 0 Å². The predicted octanol–water partition coefficient (Wildman–Crippen LogP) is 1.59. The minimum absolute atomic E-state index is 0.316. The van der Waals surface area contributed by atoms with E-state index in [2.05, 4.69) is 10.5 Å². The van der Waals surface area contributed by atoms with Gasteiger partial charge < -0.3 is 14.9 Å². The van der Waals surface area contributed by atoms with Gasteiger partial charge in [-0.2, -0.15) is 0 Å². The molecule has 0 saturated carbocycles. The molecule has 18 heavy (non-hydrogen) atoms. The number of amides is 1. The lowest BCUT2D eigenvalue weighted by Crippen LogP contribution is -2.34. The van der Waals surface area contributed by atoms with Gasteiger partial charge >= 0.3 is 5.97 Å². The number of aliphatic carboxylic acids is 1. The van der Waals surface area contributed by atoms with Crippen molar-refractivity contribution in [2.75, 3.05) is 5.32 Å². The van der Waals surface area contributed by atoms with E-state index in [1.807, 2.05) is 6.08 Å². The molecule has 1 amide bonds. The van der Waals surface area contributed by atoms with Crippen LogP contribution in [0.5, 0.6) is 0 Å². The summed E-state index contributed by atoms with van der Waals surface area (Å²) in [6.07, 6.45) is 4.44. The average Bonchev–Trinajstić information content (AvgIpc) is 2.74. The second-order valence-corrected chi connectivity index (χ2v) is 4.31. The summed E-state index contributed by atoms with van der Waals surface area (Å²) in [4.78, 5) is 23.1. The third kappa shape index (κ3) is 2.58. The van der Waals surface area contributed by atoms with Gasteiger partial charge in [-0.3, -0.25) is 9.59 Å². The Morgan fingerprint density at radius 1 is 1.39 bits per heavy atom. The molecule has 2 N–H and O–H groups in total. The molecule has 0 unspecified atom stereocenters. The first-order chi connectivity index (χ1) is 8.58. The molecule has 1 heterocycles. The van der Waals surface area contributed by atoms with Crippen LogP contribution in [0.2, 0.25) is 0 Å². The number of hydrogen-bond acceptors (Lipinski definition) is 4. The van der Waals surface area contributed by atoms with Crippen molar-refractivity contribution in [3.63, 3.8) is 0 Å². The lowest BCUT2D eigenvalue weighted by Gasteiger charge is -2.23. The topological polar surface area (TPSA) is 92.4 Å². The predicted molar refractivity (Wildman–Crippen MR) is 62.9 cm³/mol. The number of aryl methyl sites for hydroxylation is 1. The quantitative estimate of drug-likeness (QED) is 0.794. The van der Waals surface area contributed by atoms with Gasteiger partial charge in [0, 0.05) is 6.07 Å². The molecule has 1 aromatic rings. The lowest BCUT2D eigenvalue weighted by molar-refractivity contribution is -0.146. The molecule has 0 aromatic carbocycles. The van der Waals surface area contributed by atoms with Crippen LogP contribution >= 0.6 is 0 Å². The number of allylic oxidation sites excluding steroid dienone is 2. The summed E-state index contributed by atoms with van der Waals surface area (Å²) in [6.45, 7) is 1.71. The molecular weight excluding hydrogens is 236 g/mol. The summed E-state index contributed by atoms with van der Waals surface area (Å²) in [5.41, 5.74) is 0. The van der Waals surface area contributed by atoms with Crippen molar-refractivity contribution in [2.45, 2.75) is 19.8 Å². The van der Waals surface area contributed by atoms with Gasteiger partial charge in [0.25, 0.3) is 0 Å². The maximum atomic E-state index is 12.0. The second kappa shape index (κ2) is 5.03. The molecule has 1 aliphatic carbocycles. The van der Waals surface area contributed by atoms with Crippen LogP contribution in [-0.4, -0.2) is 22.1 Å². The monoisotopic (exact) mass is 250 g/mol. The highest BCUT2D eigenvalue weighted by Gasteiger charge is 2.34. The summed E-state index contributed by atoms with van der Waals surface area (Å²) >= 11 is 0. The van der Waals surface area contributed by atoms with Crippen LogP contribution in [0.3, 0.4) is 0 Å². The first kappa shape index (κ1) is 12.3. The fourth-order valence-corrected chi connectivity index (χ4v) is 2.02. The first-order valence-corrected chi connectivity index (χ1v) is 5.70. The van der Waals surface area contributed by atoms with Crippen LogP contribution in [0.15, 0.2) is 22.7 Å². The Morgan fingerprint density at radius 3 is 2.61 bits per heavy atom. The Balaban J connectivity index is 2.07. The number of nitrogens with zero attached hydrogens (tertiary/aromatic N) is 1. The Kier molecular flexibility index (Phi) is 3.45. The van der Waals surface area contributed by atoms with Crippen LogP contribution in [0.4, 0.5) is 5.82 Å². The molecule has 0 spiro atoms. The van der Waals surface area contributed by atoms with E-state index in [4.69, 9.17) is 9.63 Å². The van der Waals surface area contributed by atoms with Crippen LogP contribution in [0.1, 0.15) is 18.6 Å². The number of rotatable bonds is 3. The van der Waals surface area contributed by atoms with E-state index in [1.54, 1.807) is 19.1 Å². The van der Waals surface area contributed by atoms with Gasteiger partial charge in [0.15, 0.2) is 5.82 Å². The van der Waals surface area contributed by atoms with Gasteiger partial charge in [-0.05, 0) is 19.8 Å². The standard InChI is InChI=1S/C12H14N2O4/c1-7-6-10(14-18-7)13-11(15)8-4-2-3-5-9(8)12(16)17/h2-3,6,8-9H,4-5H2,1H3,(H,16,17)(H,13,14,15)/t8-,9+/m0/s1. The minimum Gasteiger partial charge on any atom is -0.481 e. The SMILES string of the molecule is Cc1cc(NC(=O)[C@H]2CC=CC[C@H]2C(=O)O)no1. The third-order valence-corrected chi connectivity index (χ3v) is 2.97. The van der Waals surface area contributed by atoms with E-state index in [0.717, 1.165) is 0 Å². The molecule has 2 atom stereocenters. The van der Waals surface area contributed by atoms with Crippen LogP contribution in [-0.2, 0) is 9.59 Å². The third-order valence-electron chi connectivity index (χ3n) is 2.97. The van der Waals surface area contributed by atoms with Crippen LogP contribution in [0, 0.1) is 18.8 Å². The zero-order valence-corrected chi connectivity index (χ0v) is 9.92. The van der Waals surface area contributed by atoms with E-state index in [1.165, 1.54) is 0 Å². The molecule has 1 aliphatic rings. The summed E-state index contributed by atoms with van der Waals surface area (Å²) in [5.74, 6) is -1.62. The number of carboxylic acid groups (broad SMARTS) is 1. The van der Waals surface area contributed by atoms with E-state index in [-0.39, 0.29) is 5.91 Å². The molecule has 0 aliphatic heterocycles. The maximum Gasteiger partial charge on any atom is 0.307 e. The van der Waals surface area contributed by atoms with E-state index < -0.39 is 17.8 Å². The van der Waals surface area contributed by atoms with Crippen LogP contribution < -0.4 is 5.32 Å². The molecule has 0 radical (unpaired) electrons. The lowest BCUT2D eigenvalue weighted by atomic mass is 9.82. The Hall–Kier alpha value is -2.11. The molecule has 0 bridgehead atoms. The Labute approximate surface area is 104 Å². The normalized spacial score (nSPS) is 22.7. The van der Waals surface area contributed by atoms with Gasteiger partial charge in [0.05, 0.1) is 11.8 Å². The smallest absolute Gasteiger partial charge is 0.307 e. The summed E-state index contributed by atoms with van der Waals surface area (Å²) < 4.78 is 4.83. The van der Waals surface area contributed by atoms with Gasteiger partial charge in [-0.15, -0.1) is 0 Å². The molecule has 0 saturated heterocycles. The van der Waals surface area contributed by atoms with E-state index in [0.29, 0.717) is 24.4 Å². The summed E-state index contributed by atoms with van der Waals surface area (Å²) in [7, 11) is 0. The van der Waals surface area contributed by atoms with Crippen molar-refractivity contribution in [1.29, 1.82) is 0 Å². The van der Waals surface area contributed by atoms with Gasteiger partial charge in [0.2, 0.25) is 5.91 Å². The number of carbonyl (C=O) groups is 2. The van der Waals surface area contributed by atoms with Crippen molar-refractivity contribution in [1.82, 2.24) is 5.16 Å². The fraction of sp³-hybridized carbons (Fsp3) is 0.417. The Bertz CT molecular complexity index is 492. The van der Waals surface area contributed by atoms with Gasteiger partial charge in [0.1, 0.15) is 5.76 Å². The summed E-state index contributed by atoms with van der Waals surface area (Å²) in [5, 5.41) is 15.3.